The SMILES string of the molecule is CC(C)CCN1CCN2C(C)CC(C)C(=O)[C@@H]2C1. The van der Waals surface area contributed by atoms with Crippen LogP contribution in [0.25, 0.3) is 0 Å². The third kappa shape index (κ3) is 2.94. The first-order chi connectivity index (χ1) is 8.49. The molecule has 0 spiro atoms. The highest BCUT2D eigenvalue weighted by atomic mass is 16.1. The summed E-state index contributed by atoms with van der Waals surface area (Å²) >= 11 is 0. The second kappa shape index (κ2) is 5.70. The maximum atomic E-state index is 12.3. The van der Waals surface area contributed by atoms with Crippen LogP contribution in [0.5, 0.6) is 0 Å². The van der Waals surface area contributed by atoms with E-state index in [2.05, 4.69) is 37.5 Å². The van der Waals surface area contributed by atoms with Crippen LogP contribution >= 0.6 is 0 Å². The Morgan fingerprint density at radius 2 is 2.00 bits per heavy atom. The fraction of sp³-hybridized carbons (Fsp3) is 0.933. The van der Waals surface area contributed by atoms with Crippen molar-refractivity contribution in [2.45, 2.75) is 52.6 Å². The van der Waals surface area contributed by atoms with Gasteiger partial charge in [0.1, 0.15) is 0 Å². The minimum Gasteiger partial charge on any atom is -0.300 e. The predicted octanol–water partition coefficient (Wildman–Crippen LogP) is 2.02. The van der Waals surface area contributed by atoms with Crippen LogP contribution in [0.4, 0.5) is 0 Å². The zero-order valence-electron chi connectivity index (χ0n) is 12.4. The lowest BCUT2D eigenvalue weighted by Crippen LogP contribution is -2.63. The Balaban J connectivity index is 1.95. The van der Waals surface area contributed by atoms with Crippen LogP contribution in [0.15, 0.2) is 0 Å². The molecule has 3 atom stereocenters. The van der Waals surface area contributed by atoms with E-state index in [1.54, 1.807) is 0 Å². The smallest absolute Gasteiger partial charge is 0.154 e. The minimum atomic E-state index is 0.171. The monoisotopic (exact) mass is 252 g/mol. The van der Waals surface area contributed by atoms with Crippen molar-refractivity contribution in [1.82, 2.24) is 9.80 Å². The van der Waals surface area contributed by atoms with Crippen molar-refractivity contribution in [3.63, 3.8) is 0 Å². The molecular formula is C15H28N2O. The van der Waals surface area contributed by atoms with Gasteiger partial charge in [0, 0.05) is 31.6 Å². The Kier molecular flexibility index (Phi) is 4.44. The Morgan fingerprint density at radius 3 is 2.67 bits per heavy atom. The van der Waals surface area contributed by atoms with Crippen LogP contribution in [-0.2, 0) is 4.79 Å². The number of hydrogen-bond donors (Lipinski definition) is 0. The molecule has 2 heterocycles. The topological polar surface area (TPSA) is 23.6 Å². The maximum Gasteiger partial charge on any atom is 0.154 e. The molecule has 2 rings (SSSR count). The Morgan fingerprint density at radius 1 is 1.28 bits per heavy atom. The van der Waals surface area contributed by atoms with Crippen molar-refractivity contribution in [3.05, 3.63) is 0 Å². The molecule has 2 fully saturated rings. The van der Waals surface area contributed by atoms with E-state index in [1.807, 2.05) is 0 Å². The number of rotatable bonds is 3. The van der Waals surface area contributed by atoms with Gasteiger partial charge in [-0.2, -0.15) is 0 Å². The van der Waals surface area contributed by atoms with Crippen LogP contribution in [0.1, 0.15) is 40.5 Å². The zero-order chi connectivity index (χ0) is 13.3. The minimum absolute atomic E-state index is 0.171. The summed E-state index contributed by atoms with van der Waals surface area (Å²) in [7, 11) is 0. The number of Topliss-reactive ketones (excluding diaryl/α,β-unsaturated/α-hetero) is 1. The molecule has 0 aromatic carbocycles. The average molecular weight is 252 g/mol. The maximum absolute atomic E-state index is 12.3. The first kappa shape index (κ1) is 14.0. The highest BCUT2D eigenvalue weighted by Crippen LogP contribution is 2.27. The number of hydrogen-bond acceptors (Lipinski definition) is 3. The summed E-state index contributed by atoms with van der Waals surface area (Å²) in [6.07, 6.45) is 2.29. The van der Waals surface area contributed by atoms with Crippen molar-refractivity contribution in [1.29, 1.82) is 0 Å². The molecule has 3 heteroatoms. The van der Waals surface area contributed by atoms with Gasteiger partial charge in [-0.25, -0.2) is 0 Å². The number of piperidine rings is 1. The first-order valence-corrected chi connectivity index (χ1v) is 7.51. The second-order valence-electron chi connectivity index (χ2n) is 6.62. The number of fused-ring (bicyclic) bond motifs is 1. The van der Waals surface area contributed by atoms with Gasteiger partial charge in [-0.15, -0.1) is 0 Å². The summed E-state index contributed by atoms with van der Waals surface area (Å²) in [6.45, 7) is 13.2. The molecule has 0 aliphatic carbocycles. The first-order valence-electron chi connectivity index (χ1n) is 7.51. The summed E-state index contributed by atoms with van der Waals surface area (Å²) in [5, 5.41) is 0. The lowest BCUT2D eigenvalue weighted by Gasteiger charge is -2.48. The molecule has 0 amide bonds. The largest absolute Gasteiger partial charge is 0.300 e. The van der Waals surface area contributed by atoms with Crippen LogP contribution < -0.4 is 0 Å². The third-order valence-corrected chi connectivity index (χ3v) is 4.60. The van der Waals surface area contributed by atoms with E-state index < -0.39 is 0 Å². The molecule has 18 heavy (non-hydrogen) atoms. The molecule has 0 N–H and O–H groups in total. The molecule has 2 unspecified atom stereocenters. The lowest BCUT2D eigenvalue weighted by atomic mass is 9.85. The number of nitrogens with zero attached hydrogens (tertiary/aromatic N) is 2. The molecule has 2 aliphatic rings. The standard InChI is InChI=1S/C15H28N2O/c1-11(2)5-6-16-7-8-17-13(4)9-12(3)15(18)14(17)10-16/h11-14H,5-10H2,1-4H3/t12?,13?,14-/m0/s1. The third-order valence-electron chi connectivity index (χ3n) is 4.60. The van der Waals surface area contributed by atoms with Gasteiger partial charge in [-0.1, -0.05) is 20.8 Å². The van der Waals surface area contributed by atoms with Gasteiger partial charge in [-0.3, -0.25) is 9.69 Å². The number of ketones is 1. The van der Waals surface area contributed by atoms with Gasteiger partial charge in [0.15, 0.2) is 5.78 Å². The summed E-state index contributed by atoms with van der Waals surface area (Å²) in [4.78, 5) is 17.2. The van der Waals surface area contributed by atoms with Crippen LogP contribution in [0.2, 0.25) is 0 Å². The zero-order valence-corrected chi connectivity index (χ0v) is 12.4. The van der Waals surface area contributed by atoms with Crippen molar-refractivity contribution in [2.75, 3.05) is 26.2 Å². The molecule has 104 valence electrons. The Hall–Kier alpha value is -0.410. The van der Waals surface area contributed by atoms with Crippen molar-refractivity contribution in [3.8, 4) is 0 Å². The molecule has 0 aromatic heterocycles. The van der Waals surface area contributed by atoms with Gasteiger partial charge in [0.2, 0.25) is 0 Å². The molecule has 3 nitrogen and oxygen atoms in total. The lowest BCUT2D eigenvalue weighted by molar-refractivity contribution is -0.137. The van der Waals surface area contributed by atoms with E-state index >= 15 is 0 Å². The molecule has 0 aromatic rings. The number of piperazine rings is 1. The fourth-order valence-electron chi connectivity index (χ4n) is 3.37. The summed E-state index contributed by atoms with van der Waals surface area (Å²) in [5.74, 6) is 1.48. The number of carbonyl (C=O) groups excluding carboxylic acids is 1. The van der Waals surface area contributed by atoms with Crippen LogP contribution in [0, 0.1) is 11.8 Å². The normalized spacial score (nSPS) is 34.9. The molecule has 0 radical (unpaired) electrons. The van der Waals surface area contributed by atoms with Gasteiger partial charge in [0.25, 0.3) is 0 Å². The quantitative estimate of drug-likeness (QED) is 0.768. The summed E-state index contributed by atoms with van der Waals surface area (Å²) in [5.41, 5.74) is 0. The van der Waals surface area contributed by atoms with E-state index in [-0.39, 0.29) is 12.0 Å². The van der Waals surface area contributed by atoms with E-state index in [0.717, 1.165) is 38.5 Å². The highest BCUT2D eigenvalue weighted by molar-refractivity contribution is 5.87. The molecule has 2 saturated heterocycles. The highest BCUT2D eigenvalue weighted by Gasteiger charge is 2.41. The van der Waals surface area contributed by atoms with Crippen molar-refractivity contribution < 1.29 is 4.79 Å². The Labute approximate surface area is 112 Å². The van der Waals surface area contributed by atoms with E-state index in [0.29, 0.717) is 11.8 Å². The summed E-state index contributed by atoms with van der Waals surface area (Å²) < 4.78 is 0. The van der Waals surface area contributed by atoms with E-state index in [9.17, 15) is 4.79 Å². The molecular weight excluding hydrogens is 224 g/mol. The van der Waals surface area contributed by atoms with Crippen molar-refractivity contribution >= 4 is 5.78 Å². The van der Waals surface area contributed by atoms with Gasteiger partial charge < -0.3 is 4.90 Å². The number of carbonyl (C=O) groups is 1. The second-order valence-corrected chi connectivity index (χ2v) is 6.62. The molecule has 0 bridgehead atoms. The van der Waals surface area contributed by atoms with Crippen molar-refractivity contribution in [2.24, 2.45) is 11.8 Å². The van der Waals surface area contributed by atoms with Gasteiger partial charge in [-0.05, 0) is 32.2 Å². The van der Waals surface area contributed by atoms with E-state index in [4.69, 9.17) is 0 Å². The summed E-state index contributed by atoms with van der Waals surface area (Å²) in [6, 6.07) is 0.750. The average Bonchev–Trinajstić information content (AvgIpc) is 2.33. The van der Waals surface area contributed by atoms with E-state index in [1.165, 1.54) is 6.42 Å². The van der Waals surface area contributed by atoms with Crippen LogP contribution in [-0.4, -0.2) is 53.8 Å². The fourth-order valence-corrected chi connectivity index (χ4v) is 3.37. The predicted molar refractivity (Wildman–Crippen MR) is 74.6 cm³/mol. The Bertz CT molecular complexity index is 303. The molecule has 2 aliphatic heterocycles. The molecule has 0 saturated carbocycles. The van der Waals surface area contributed by atoms with Gasteiger partial charge >= 0.3 is 0 Å². The van der Waals surface area contributed by atoms with Crippen LogP contribution in [0.3, 0.4) is 0 Å². The van der Waals surface area contributed by atoms with Gasteiger partial charge in [0.05, 0.1) is 6.04 Å².